The third-order valence-electron chi connectivity index (χ3n) is 4.41. The molecule has 0 spiro atoms. The zero-order valence-electron chi connectivity index (χ0n) is 14.6. The molecule has 1 unspecified atom stereocenters. The summed E-state index contributed by atoms with van der Waals surface area (Å²) in [6.45, 7) is 1.81. The van der Waals surface area contributed by atoms with Crippen LogP contribution in [0.3, 0.4) is 0 Å². The molecule has 27 heavy (non-hydrogen) atoms. The first kappa shape index (κ1) is 19.6. The summed E-state index contributed by atoms with van der Waals surface area (Å²) in [5.74, 6) is -0.937. The number of hydrogen-bond donors (Lipinski definition) is 2. The molecule has 3 aromatic rings. The first-order chi connectivity index (χ1) is 12.8. The SMILES string of the molecule is CC(C(=O)O)n1c(Br)c(CCNS(=O)(=O)c2ccccc2)c2ccccc21. The molecule has 142 valence electrons. The van der Waals surface area contributed by atoms with Crippen molar-refractivity contribution in [3.63, 3.8) is 0 Å². The minimum Gasteiger partial charge on any atom is -0.480 e. The Labute approximate surface area is 166 Å². The first-order valence-electron chi connectivity index (χ1n) is 8.37. The Bertz CT molecular complexity index is 1080. The molecule has 0 amide bonds. The van der Waals surface area contributed by atoms with Crippen LogP contribution in [0.4, 0.5) is 0 Å². The van der Waals surface area contributed by atoms with E-state index in [1.165, 1.54) is 0 Å². The molecule has 0 bridgehead atoms. The topological polar surface area (TPSA) is 88.4 Å². The van der Waals surface area contributed by atoms with Crippen LogP contribution in [0, 0.1) is 0 Å². The second-order valence-corrected chi connectivity index (χ2v) is 8.65. The molecule has 6 nitrogen and oxygen atoms in total. The van der Waals surface area contributed by atoms with E-state index in [0.717, 1.165) is 16.5 Å². The Balaban J connectivity index is 1.88. The van der Waals surface area contributed by atoms with E-state index in [-0.39, 0.29) is 11.4 Å². The van der Waals surface area contributed by atoms with E-state index in [2.05, 4.69) is 20.7 Å². The maximum Gasteiger partial charge on any atom is 0.326 e. The highest BCUT2D eigenvalue weighted by molar-refractivity contribution is 9.10. The summed E-state index contributed by atoms with van der Waals surface area (Å²) in [5, 5.41) is 10.3. The summed E-state index contributed by atoms with van der Waals surface area (Å²) < 4.78 is 29.7. The van der Waals surface area contributed by atoms with Gasteiger partial charge in [-0.15, -0.1) is 0 Å². The average Bonchev–Trinajstić information content (AvgIpc) is 2.93. The van der Waals surface area contributed by atoms with Crippen LogP contribution in [-0.4, -0.2) is 30.6 Å². The number of aromatic nitrogens is 1. The quantitative estimate of drug-likeness (QED) is 0.575. The number of nitrogens with zero attached hydrogens (tertiary/aromatic N) is 1. The number of halogens is 1. The van der Waals surface area contributed by atoms with E-state index in [1.807, 2.05) is 24.3 Å². The normalized spacial score (nSPS) is 13.0. The van der Waals surface area contributed by atoms with Gasteiger partial charge >= 0.3 is 5.97 Å². The maximum absolute atomic E-state index is 12.4. The fraction of sp³-hybridized carbons (Fsp3) is 0.211. The van der Waals surface area contributed by atoms with Crippen LogP contribution in [-0.2, 0) is 21.2 Å². The standard InChI is InChI=1S/C19H19BrN2O4S/c1-13(19(23)24)22-17-10-6-5-9-15(17)16(18(22)20)11-12-21-27(25,26)14-7-3-2-4-8-14/h2-10,13,21H,11-12H2,1H3,(H,23,24). The lowest BCUT2D eigenvalue weighted by Crippen LogP contribution is -2.26. The number of carboxylic acids is 1. The number of fused-ring (bicyclic) bond motifs is 1. The zero-order chi connectivity index (χ0) is 19.6. The van der Waals surface area contributed by atoms with E-state index < -0.39 is 22.0 Å². The van der Waals surface area contributed by atoms with Gasteiger partial charge in [0.1, 0.15) is 6.04 Å². The Morgan fingerprint density at radius 2 is 1.78 bits per heavy atom. The van der Waals surface area contributed by atoms with Crippen LogP contribution in [0.5, 0.6) is 0 Å². The maximum atomic E-state index is 12.4. The van der Waals surface area contributed by atoms with Gasteiger partial charge in [0.05, 0.1) is 15.0 Å². The Morgan fingerprint density at radius 3 is 2.44 bits per heavy atom. The fourth-order valence-corrected chi connectivity index (χ4v) is 4.98. The summed E-state index contributed by atoms with van der Waals surface area (Å²) in [4.78, 5) is 11.7. The van der Waals surface area contributed by atoms with Crippen molar-refractivity contribution < 1.29 is 18.3 Å². The summed E-state index contributed by atoms with van der Waals surface area (Å²) in [5.41, 5.74) is 1.66. The van der Waals surface area contributed by atoms with Crippen LogP contribution in [0.25, 0.3) is 10.9 Å². The summed E-state index contributed by atoms with van der Waals surface area (Å²) in [7, 11) is -3.59. The third-order valence-corrected chi connectivity index (χ3v) is 6.75. The lowest BCUT2D eigenvalue weighted by Gasteiger charge is -2.12. The van der Waals surface area contributed by atoms with Crippen LogP contribution in [0.15, 0.2) is 64.1 Å². The molecule has 2 aromatic carbocycles. The zero-order valence-corrected chi connectivity index (χ0v) is 17.0. The van der Waals surface area contributed by atoms with Gasteiger partial charge in [-0.2, -0.15) is 0 Å². The second-order valence-electron chi connectivity index (χ2n) is 6.13. The highest BCUT2D eigenvalue weighted by Crippen LogP contribution is 2.33. The molecule has 1 atom stereocenters. The number of nitrogens with one attached hydrogen (secondary N) is 1. The fourth-order valence-electron chi connectivity index (χ4n) is 3.02. The van der Waals surface area contributed by atoms with Gasteiger partial charge in [0.25, 0.3) is 0 Å². The number of hydrogen-bond acceptors (Lipinski definition) is 3. The molecule has 0 aliphatic heterocycles. The lowest BCUT2D eigenvalue weighted by molar-refractivity contribution is -0.140. The average molecular weight is 451 g/mol. The van der Waals surface area contributed by atoms with Crippen molar-refractivity contribution in [3.05, 3.63) is 64.8 Å². The molecule has 1 heterocycles. The Morgan fingerprint density at radius 1 is 1.15 bits per heavy atom. The van der Waals surface area contributed by atoms with Crippen LogP contribution in [0.1, 0.15) is 18.5 Å². The molecule has 0 saturated heterocycles. The molecule has 0 radical (unpaired) electrons. The van der Waals surface area contributed by atoms with Gasteiger partial charge in [0, 0.05) is 11.9 Å². The van der Waals surface area contributed by atoms with Gasteiger partial charge < -0.3 is 9.67 Å². The van der Waals surface area contributed by atoms with Gasteiger partial charge in [0.2, 0.25) is 10.0 Å². The van der Waals surface area contributed by atoms with Crippen LogP contribution >= 0.6 is 15.9 Å². The lowest BCUT2D eigenvalue weighted by atomic mass is 10.1. The molecular weight excluding hydrogens is 432 g/mol. The molecule has 3 rings (SSSR count). The monoisotopic (exact) mass is 450 g/mol. The minimum absolute atomic E-state index is 0.200. The molecule has 8 heteroatoms. The van der Waals surface area contributed by atoms with E-state index in [9.17, 15) is 18.3 Å². The predicted octanol–water partition coefficient (Wildman–Crippen LogP) is 3.57. The van der Waals surface area contributed by atoms with E-state index in [0.29, 0.717) is 11.0 Å². The molecule has 0 aliphatic rings. The van der Waals surface area contributed by atoms with Gasteiger partial charge in [0.15, 0.2) is 0 Å². The van der Waals surface area contributed by atoms with Crippen molar-refractivity contribution in [3.8, 4) is 0 Å². The first-order valence-corrected chi connectivity index (χ1v) is 10.7. The van der Waals surface area contributed by atoms with Crippen molar-refractivity contribution in [2.24, 2.45) is 0 Å². The Kier molecular flexibility index (Phi) is 5.69. The molecule has 0 fully saturated rings. The number of benzene rings is 2. The summed E-state index contributed by atoms with van der Waals surface area (Å²) in [6, 6.07) is 14.9. The predicted molar refractivity (Wildman–Crippen MR) is 107 cm³/mol. The largest absolute Gasteiger partial charge is 0.480 e. The van der Waals surface area contributed by atoms with Crippen molar-refractivity contribution in [2.75, 3.05) is 6.54 Å². The number of carboxylic acid groups (broad SMARTS) is 1. The van der Waals surface area contributed by atoms with Crippen molar-refractivity contribution in [1.82, 2.24) is 9.29 Å². The number of aliphatic carboxylic acids is 1. The summed E-state index contributed by atoms with van der Waals surface area (Å²) in [6.07, 6.45) is 0.423. The van der Waals surface area contributed by atoms with Gasteiger partial charge in [-0.05, 0) is 53.0 Å². The van der Waals surface area contributed by atoms with E-state index in [4.69, 9.17) is 0 Å². The van der Waals surface area contributed by atoms with E-state index in [1.54, 1.807) is 41.8 Å². The molecule has 2 N–H and O–H groups in total. The second kappa shape index (κ2) is 7.84. The van der Waals surface area contributed by atoms with Crippen molar-refractivity contribution in [1.29, 1.82) is 0 Å². The van der Waals surface area contributed by atoms with Crippen molar-refractivity contribution in [2.45, 2.75) is 24.3 Å². The third kappa shape index (κ3) is 3.92. The molecular formula is C19H19BrN2O4S. The summed E-state index contributed by atoms with van der Waals surface area (Å²) >= 11 is 3.51. The number of para-hydroxylation sites is 1. The highest BCUT2D eigenvalue weighted by atomic mass is 79.9. The molecule has 0 saturated carbocycles. The molecule has 0 aliphatic carbocycles. The van der Waals surface area contributed by atoms with E-state index >= 15 is 0 Å². The molecule has 1 aromatic heterocycles. The van der Waals surface area contributed by atoms with Crippen LogP contribution < -0.4 is 4.72 Å². The van der Waals surface area contributed by atoms with Gasteiger partial charge in [-0.3, -0.25) is 0 Å². The smallest absolute Gasteiger partial charge is 0.326 e. The van der Waals surface area contributed by atoms with Crippen LogP contribution in [0.2, 0.25) is 0 Å². The van der Waals surface area contributed by atoms with Gasteiger partial charge in [-0.25, -0.2) is 17.9 Å². The number of sulfonamides is 1. The van der Waals surface area contributed by atoms with Gasteiger partial charge in [-0.1, -0.05) is 36.4 Å². The highest BCUT2D eigenvalue weighted by Gasteiger charge is 2.23. The minimum atomic E-state index is -3.59. The number of rotatable bonds is 7. The Hall–Kier alpha value is -2.16. The number of carbonyl (C=O) groups is 1. The van der Waals surface area contributed by atoms with Crippen molar-refractivity contribution >= 4 is 42.8 Å².